The number of aromatic nitrogens is 4. The summed E-state index contributed by atoms with van der Waals surface area (Å²) in [5.74, 6) is -1.50. The molecule has 1 aliphatic carbocycles. The minimum Gasteiger partial charge on any atom is -0.394 e. The van der Waals surface area contributed by atoms with E-state index in [0.29, 0.717) is 12.2 Å². The van der Waals surface area contributed by atoms with Crippen LogP contribution < -0.4 is 0 Å². The molecule has 12 heteroatoms. The summed E-state index contributed by atoms with van der Waals surface area (Å²) >= 11 is 0. The summed E-state index contributed by atoms with van der Waals surface area (Å²) in [5, 5.41) is 42.2. The first-order chi connectivity index (χ1) is 17.8. The fraction of sp³-hybridized carbons (Fsp3) is 0.520. The molecular weight excluding hydrogens is 488 g/mol. The van der Waals surface area contributed by atoms with Crippen molar-refractivity contribution in [2.75, 3.05) is 13.7 Å². The summed E-state index contributed by atoms with van der Waals surface area (Å²) in [6.07, 6.45) is 0.0538. The molecule has 1 saturated heterocycles. The molecule has 5 atom stereocenters. The van der Waals surface area contributed by atoms with Gasteiger partial charge in [0.25, 0.3) is 0 Å². The monoisotopic (exact) mass is 515 g/mol. The highest BCUT2D eigenvalue weighted by atomic mass is 19.2. The molecule has 0 unspecified atom stereocenters. The summed E-state index contributed by atoms with van der Waals surface area (Å²) in [5.41, 5.74) is 0.628. The number of hydrogen-bond acceptors (Lipinski definition) is 9. The molecule has 1 aliphatic heterocycles. The van der Waals surface area contributed by atoms with Crippen LogP contribution in [0, 0.1) is 29.9 Å². The number of hydrogen-bond donors (Lipinski definition) is 2. The first-order valence-electron chi connectivity index (χ1n) is 12.0. The molecule has 0 spiro atoms. The van der Waals surface area contributed by atoms with Crippen LogP contribution in [-0.4, -0.2) is 68.5 Å². The molecule has 0 radical (unpaired) electrons. The van der Waals surface area contributed by atoms with E-state index < -0.39 is 48.7 Å². The minimum absolute atomic E-state index is 0.0688. The largest absolute Gasteiger partial charge is 0.394 e. The molecule has 0 amide bonds. The van der Waals surface area contributed by atoms with Crippen molar-refractivity contribution in [1.29, 1.82) is 5.26 Å². The van der Waals surface area contributed by atoms with Gasteiger partial charge in [-0.05, 0) is 31.4 Å². The van der Waals surface area contributed by atoms with Gasteiger partial charge >= 0.3 is 0 Å². The topological polar surface area (TPSA) is 139 Å². The van der Waals surface area contributed by atoms with Gasteiger partial charge in [-0.1, -0.05) is 16.4 Å². The quantitative estimate of drug-likeness (QED) is 0.463. The van der Waals surface area contributed by atoms with Gasteiger partial charge in [0, 0.05) is 37.0 Å². The van der Waals surface area contributed by atoms with Crippen molar-refractivity contribution < 1.29 is 33.0 Å². The molecule has 5 rings (SSSR count). The Morgan fingerprint density at radius 2 is 2.05 bits per heavy atom. The zero-order chi connectivity index (χ0) is 26.3. The number of aryl methyl sites for hydroxylation is 1. The van der Waals surface area contributed by atoms with Crippen molar-refractivity contribution in [1.82, 2.24) is 20.2 Å². The van der Waals surface area contributed by atoms with E-state index in [4.69, 9.17) is 19.3 Å². The maximum absolute atomic E-state index is 14.6. The standard InChI is InChI=1S/C25H27F2N5O5/c1-13-3-4-15(21(27)20(13)26)16-11-32(31-29-16)22-23(34)18(12-33)36-17(24(22)35-2)9-14-10-19(30-37-14)25(5-6-25)7-8-28/h3-4,10-11,17-18,22-24,33-34H,5-7,9,12H2,1-2H3/t17-,18-,22+,23+,24+/m1/s1. The van der Waals surface area contributed by atoms with Crippen molar-refractivity contribution >= 4 is 0 Å². The second kappa shape index (κ2) is 9.90. The molecule has 196 valence electrons. The third-order valence-electron chi connectivity index (χ3n) is 7.38. The minimum atomic E-state index is -1.24. The van der Waals surface area contributed by atoms with E-state index in [1.165, 1.54) is 37.0 Å². The normalized spacial score (nSPS) is 26.7. The highest BCUT2D eigenvalue weighted by Gasteiger charge is 2.49. The van der Waals surface area contributed by atoms with Crippen LogP contribution in [0.4, 0.5) is 8.78 Å². The van der Waals surface area contributed by atoms with Gasteiger partial charge in [-0.2, -0.15) is 5.26 Å². The number of nitriles is 1. The lowest BCUT2D eigenvalue weighted by atomic mass is 9.90. The Morgan fingerprint density at radius 3 is 2.73 bits per heavy atom. The van der Waals surface area contributed by atoms with Gasteiger partial charge < -0.3 is 24.2 Å². The van der Waals surface area contributed by atoms with Crippen molar-refractivity contribution in [2.45, 2.75) is 68.5 Å². The zero-order valence-corrected chi connectivity index (χ0v) is 20.3. The molecule has 0 bridgehead atoms. The van der Waals surface area contributed by atoms with E-state index in [1.807, 2.05) is 0 Å². The summed E-state index contributed by atoms with van der Waals surface area (Å²) in [7, 11) is 1.45. The van der Waals surface area contributed by atoms with Gasteiger partial charge in [-0.25, -0.2) is 13.5 Å². The van der Waals surface area contributed by atoms with Crippen LogP contribution in [0.3, 0.4) is 0 Å². The predicted octanol–water partition coefficient (Wildman–Crippen LogP) is 2.38. The molecule has 2 fully saturated rings. The van der Waals surface area contributed by atoms with Crippen LogP contribution in [0.15, 0.2) is 28.9 Å². The first-order valence-corrected chi connectivity index (χ1v) is 12.0. The summed E-state index contributed by atoms with van der Waals surface area (Å²) < 4.78 is 47.2. The zero-order valence-electron chi connectivity index (χ0n) is 20.3. The summed E-state index contributed by atoms with van der Waals surface area (Å²) in [4.78, 5) is 0. The van der Waals surface area contributed by atoms with E-state index >= 15 is 0 Å². The first kappa shape index (κ1) is 25.4. The van der Waals surface area contributed by atoms with Gasteiger partial charge in [0.2, 0.25) is 0 Å². The van der Waals surface area contributed by atoms with Crippen molar-refractivity contribution in [3.8, 4) is 17.3 Å². The molecule has 1 aromatic carbocycles. The van der Waals surface area contributed by atoms with Crippen LogP contribution in [0.5, 0.6) is 0 Å². The van der Waals surface area contributed by atoms with Crippen molar-refractivity contribution in [2.24, 2.45) is 0 Å². The number of methoxy groups -OCH3 is 1. The molecule has 2 aliphatic rings. The molecule has 3 aromatic rings. The van der Waals surface area contributed by atoms with E-state index in [-0.39, 0.29) is 28.7 Å². The lowest BCUT2D eigenvalue weighted by Gasteiger charge is -2.43. The number of aliphatic hydroxyl groups is 2. The summed E-state index contributed by atoms with van der Waals surface area (Å²) in [6.45, 7) is 0.984. The average Bonchev–Trinajstić information content (AvgIpc) is 3.27. The summed E-state index contributed by atoms with van der Waals surface area (Å²) in [6, 6.07) is 5.99. The Kier molecular flexibility index (Phi) is 6.80. The van der Waals surface area contributed by atoms with E-state index in [1.54, 1.807) is 6.07 Å². The van der Waals surface area contributed by atoms with Gasteiger partial charge in [-0.3, -0.25) is 0 Å². The molecule has 37 heavy (non-hydrogen) atoms. The van der Waals surface area contributed by atoms with E-state index in [2.05, 4.69) is 21.5 Å². The fourth-order valence-electron chi connectivity index (χ4n) is 5.00. The van der Waals surface area contributed by atoms with Gasteiger partial charge in [-0.15, -0.1) is 5.10 Å². The van der Waals surface area contributed by atoms with Crippen molar-refractivity contribution in [3.05, 3.63) is 53.0 Å². The lowest BCUT2D eigenvalue weighted by Crippen LogP contribution is -2.57. The Hall–Kier alpha value is -3.24. The Balaban J connectivity index is 1.42. The average molecular weight is 516 g/mol. The number of halogens is 2. The molecular formula is C25H27F2N5O5. The van der Waals surface area contributed by atoms with Gasteiger partial charge in [0.05, 0.1) is 30.7 Å². The van der Waals surface area contributed by atoms with Gasteiger partial charge in [0.1, 0.15) is 35.8 Å². The van der Waals surface area contributed by atoms with E-state index in [0.717, 1.165) is 18.5 Å². The number of benzene rings is 1. The highest BCUT2D eigenvalue weighted by Crippen LogP contribution is 2.50. The maximum Gasteiger partial charge on any atom is 0.168 e. The molecule has 1 saturated carbocycles. The van der Waals surface area contributed by atoms with Gasteiger partial charge in [0.15, 0.2) is 11.6 Å². The van der Waals surface area contributed by atoms with Crippen LogP contribution in [-0.2, 0) is 21.3 Å². The SMILES string of the molecule is CO[C@@H]1[C@@H](n2cc(-c3ccc(C)c(F)c3F)nn2)[C@@H](O)[C@@H](CO)O[C@@H]1Cc1cc(C2(CC#N)CC2)no1. The van der Waals surface area contributed by atoms with Crippen molar-refractivity contribution in [3.63, 3.8) is 0 Å². The smallest absolute Gasteiger partial charge is 0.168 e. The molecule has 3 heterocycles. The van der Waals surface area contributed by atoms with Crippen LogP contribution in [0.25, 0.3) is 11.3 Å². The van der Waals surface area contributed by atoms with Crippen LogP contribution >= 0.6 is 0 Å². The Labute approximate surface area is 211 Å². The predicted molar refractivity (Wildman–Crippen MR) is 123 cm³/mol. The Bertz CT molecular complexity index is 1320. The second-order valence-electron chi connectivity index (χ2n) is 9.72. The molecule has 10 nitrogen and oxygen atoms in total. The molecule has 2 aromatic heterocycles. The molecule has 2 N–H and O–H groups in total. The third kappa shape index (κ3) is 4.53. The van der Waals surface area contributed by atoms with Crippen LogP contribution in [0.1, 0.15) is 42.3 Å². The third-order valence-corrected chi connectivity index (χ3v) is 7.38. The highest BCUT2D eigenvalue weighted by molar-refractivity contribution is 5.59. The van der Waals surface area contributed by atoms with E-state index in [9.17, 15) is 19.0 Å². The second-order valence-corrected chi connectivity index (χ2v) is 9.72. The Morgan fingerprint density at radius 1 is 1.27 bits per heavy atom. The number of ether oxygens (including phenoxy) is 2. The lowest BCUT2D eigenvalue weighted by molar-refractivity contribution is -0.212. The number of nitrogens with zero attached hydrogens (tertiary/aromatic N) is 5. The maximum atomic E-state index is 14.6. The number of rotatable bonds is 8. The van der Waals surface area contributed by atoms with Crippen LogP contribution in [0.2, 0.25) is 0 Å². The number of aliphatic hydroxyl groups excluding tert-OH is 2. The fourth-order valence-corrected chi connectivity index (χ4v) is 5.00.